The lowest BCUT2D eigenvalue weighted by atomic mass is 10.1. The van der Waals surface area contributed by atoms with Crippen molar-refractivity contribution in [2.75, 3.05) is 0 Å². The van der Waals surface area contributed by atoms with Gasteiger partial charge in [-0.15, -0.1) is 0 Å². The van der Waals surface area contributed by atoms with Crippen molar-refractivity contribution < 1.29 is 22.7 Å². The van der Waals surface area contributed by atoms with Crippen molar-refractivity contribution >= 4 is 32.9 Å². The highest BCUT2D eigenvalue weighted by molar-refractivity contribution is 9.10. The Hall–Kier alpha value is -1.70. The molecule has 0 atom stereocenters. The fourth-order valence-corrected chi connectivity index (χ4v) is 2.58. The smallest absolute Gasteiger partial charge is 0.417 e. The minimum absolute atomic E-state index is 0.0361. The molecule has 0 aliphatic carbocycles. The van der Waals surface area contributed by atoms with Crippen LogP contribution < -0.4 is 5.32 Å². The van der Waals surface area contributed by atoms with E-state index in [9.17, 15) is 18.0 Å². The first-order valence-corrected chi connectivity index (χ1v) is 7.60. The number of hydrogen-bond donors (Lipinski definition) is 2. The van der Waals surface area contributed by atoms with E-state index in [1.807, 2.05) is 0 Å². The number of fused-ring (bicyclic) bond motifs is 1. The zero-order chi connectivity index (χ0) is 17.4. The zero-order valence-corrected chi connectivity index (χ0v) is 14.4. The number of carbonyl (C=O) groups excluding carboxylic acids is 1. The third kappa shape index (κ3) is 4.63. The van der Waals surface area contributed by atoms with Gasteiger partial charge in [0, 0.05) is 21.1 Å². The van der Waals surface area contributed by atoms with Crippen molar-refractivity contribution in [2.24, 2.45) is 0 Å². The topological polar surface area (TPSA) is 54.1 Å². The molecule has 23 heavy (non-hydrogen) atoms. The summed E-state index contributed by atoms with van der Waals surface area (Å²) in [5.41, 5.74) is -0.226. The molecule has 2 aromatic rings. The summed E-state index contributed by atoms with van der Waals surface area (Å²) in [5, 5.41) is 2.97. The molecule has 126 valence electrons. The molecule has 0 radical (unpaired) electrons. The number of alkyl carbamates (subject to hydrolysis) is 1. The van der Waals surface area contributed by atoms with E-state index >= 15 is 0 Å². The lowest BCUT2D eigenvalue weighted by molar-refractivity contribution is -0.138. The Balaban J connectivity index is 2.16. The molecule has 0 spiro atoms. The number of halogens is 4. The fourth-order valence-electron chi connectivity index (χ4n) is 2.01. The summed E-state index contributed by atoms with van der Waals surface area (Å²) < 4.78 is 43.7. The number of aromatic nitrogens is 1. The molecule has 0 unspecified atom stereocenters. The molecular formula is C15H16BrF3N2O2. The molecule has 0 saturated carbocycles. The van der Waals surface area contributed by atoms with Gasteiger partial charge in [-0.05, 0) is 39.0 Å². The number of rotatable bonds is 2. The number of H-pyrrole nitrogens is 1. The van der Waals surface area contributed by atoms with E-state index in [1.54, 1.807) is 26.8 Å². The predicted molar refractivity (Wildman–Crippen MR) is 84.1 cm³/mol. The van der Waals surface area contributed by atoms with Gasteiger partial charge in [-0.1, -0.05) is 15.9 Å². The molecule has 4 nitrogen and oxygen atoms in total. The molecule has 8 heteroatoms. The van der Waals surface area contributed by atoms with Crippen LogP contribution in [0.15, 0.2) is 22.7 Å². The number of amides is 1. The molecule has 2 N–H and O–H groups in total. The second-order valence-electron chi connectivity index (χ2n) is 6.07. The first-order chi connectivity index (χ1) is 10.5. The summed E-state index contributed by atoms with van der Waals surface area (Å²) in [7, 11) is 0. The van der Waals surface area contributed by atoms with Gasteiger partial charge in [0.1, 0.15) is 5.60 Å². The largest absolute Gasteiger partial charge is 0.444 e. The second-order valence-corrected chi connectivity index (χ2v) is 6.92. The minimum Gasteiger partial charge on any atom is -0.444 e. The van der Waals surface area contributed by atoms with Gasteiger partial charge in [-0.3, -0.25) is 0 Å². The number of benzene rings is 1. The Morgan fingerprint density at radius 3 is 2.48 bits per heavy atom. The molecule has 0 saturated heterocycles. The van der Waals surface area contributed by atoms with Crippen LogP contribution in [0.3, 0.4) is 0 Å². The average molecular weight is 393 g/mol. The van der Waals surface area contributed by atoms with Gasteiger partial charge < -0.3 is 15.0 Å². The number of alkyl halides is 3. The van der Waals surface area contributed by atoms with Crippen LogP contribution in [0.5, 0.6) is 0 Å². The van der Waals surface area contributed by atoms with Crippen molar-refractivity contribution in [3.63, 3.8) is 0 Å². The number of ether oxygens (including phenoxy) is 1. The van der Waals surface area contributed by atoms with Crippen molar-refractivity contribution in [1.82, 2.24) is 10.3 Å². The summed E-state index contributed by atoms with van der Waals surface area (Å²) in [4.78, 5) is 14.5. The van der Waals surface area contributed by atoms with Crippen LogP contribution in [-0.2, 0) is 17.5 Å². The highest BCUT2D eigenvalue weighted by atomic mass is 79.9. The Bertz CT molecular complexity index is 733. The molecule has 0 bridgehead atoms. The summed E-state index contributed by atoms with van der Waals surface area (Å²) >= 11 is 2.93. The van der Waals surface area contributed by atoms with Gasteiger partial charge >= 0.3 is 12.3 Å². The molecule has 0 aliphatic heterocycles. The van der Waals surface area contributed by atoms with E-state index in [1.165, 1.54) is 6.07 Å². The van der Waals surface area contributed by atoms with Crippen LogP contribution >= 0.6 is 15.9 Å². The zero-order valence-electron chi connectivity index (χ0n) is 12.8. The van der Waals surface area contributed by atoms with Gasteiger partial charge in [0.2, 0.25) is 0 Å². The number of carbonyl (C=O) groups is 1. The molecule has 1 amide bonds. The molecule has 1 aromatic carbocycles. The summed E-state index contributed by atoms with van der Waals surface area (Å²) in [5.74, 6) is 0. The Kier molecular flexibility index (Phi) is 4.66. The van der Waals surface area contributed by atoms with E-state index in [0.29, 0.717) is 16.6 Å². The van der Waals surface area contributed by atoms with Crippen molar-refractivity contribution in [2.45, 2.75) is 39.1 Å². The van der Waals surface area contributed by atoms with Crippen LogP contribution in [0.25, 0.3) is 10.9 Å². The Morgan fingerprint density at radius 2 is 1.91 bits per heavy atom. The summed E-state index contributed by atoms with van der Waals surface area (Å²) in [6, 6.07) is 4.00. The third-order valence-electron chi connectivity index (χ3n) is 2.89. The maximum absolute atomic E-state index is 12.9. The first kappa shape index (κ1) is 17.7. The lowest BCUT2D eigenvalue weighted by Crippen LogP contribution is -2.32. The lowest BCUT2D eigenvalue weighted by Gasteiger charge is -2.19. The Labute approximate surface area is 139 Å². The van der Waals surface area contributed by atoms with Crippen LogP contribution in [0, 0.1) is 0 Å². The SMILES string of the molecule is CC(C)(C)OC(=O)NCc1cc2cc(C(F)(F)F)c(Br)cc2[nH]1. The first-order valence-electron chi connectivity index (χ1n) is 6.81. The summed E-state index contributed by atoms with van der Waals surface area (Å²) in [6.07, 6.45) is -5.02. The van der Waals surface area contributed by atoms with Crippen LogP contribution in [0.4, 0.5) is 18.0 Å². The number of nitrogens with one attached hydrogen (secondary N) is 2. The van der Waals surface area contributed by atoms with Gasteiger partial charge in [0.15, 0.2) is 0 Å². The normalized spacial score (nSPS) is 12.5. The highest BCUT2D eigenvalue weighted by Gasteiger charge is 2.33. The molecule has 2 rings (SSSR count). The van der Waals surface area contributed by atoms with Gasteiger partial charge in [0.05, 0.1) is 12.1 Å². The standard InChI is InChI=1S/C15H16BrF3N2O2/c1-14(2,3)23-13(22)20-7-9-4-8-5-10(15(17,18)19)11(16)6-12(8)21-9/h4-6,21H,7H2,1-3H3,(H,20,22). The third-order valence-corrected chi connectivity index (χ3v) is 3.55. The molecule has 0 aliphatic rings. The van der Waals surface area contributed by atoms with Gasteiger partial charge in [0.25, 0.3) is 0 Å². The van der Waals surface area contributed by atoms with E-state index in [0.717, 1.165) is 6.07 Å². The highest BCUT2D eigenvalue weighted by Crippen LogP contribution is 2.37. The van der Waals surface area contributed by atoms with Crippen molar-refractivity contribution in [3.8, 4) is 0 Å². The molecular weight excluding hydrogens is 377 g/mol. The predicted octanol–water partition coefficient (Wildman–Crippen LogP) is 4.97. The molecule has 0 fully saturated rings. The molecule has 1 heterocycles. The van der Waals surface area contributed by atoms with E-state index < -0.39 is 23.4 Å². The average Bonchev–Trinajstić information content (AvgIpc) is 2.73. The van der Waals surface area contributed by atoms with Crippen LogP contribution in [0.1, 0.15) is 32.0 Å². The maximum Gasteiger partial charge on any atom is 0.417 e. The van der Waals surface area contributed by atoms with Gasteiger partial charge in [-0.2, -0.15) is 13.2 Å². The molecule has 1 aromatic heterocycles. The minimum atomic E-state index is -4.43. The summed E-state index contributed by atoms with van der Waals surface area (Å²) in [6.45, 7) is 5.35. The van der Waals surface area contributed by atoms with Crippen molar-refractivity contribution in [1.29, 1.82) is 0 Å². The fraction of sp³-hybridized carbons (Fsp3) is 0.400. The maximum atomic E-state index is 12.9. The van der Waals surface area contributed by atoms with Crippen molar-refractivity contribution in [3.05, 3.63) is 33.9 Å². The Morgan fingerprint density at radius 1 is 1.26 bits per heavy atom. The van der Waals surface area contributed by atoms with Gasteiger partial charge in [-0.25, -0.2) is 4.79 Å². The number of aromatic amines is 1. The van der Waals surface area contributed by atoms with E-state index in [4.69, 9.17) is 4.74 Å². The quantitative estimate of drug-likeness (QED) is 0.757. The monoisotopic (exact) mass is 392 g/mol. The second kappa shape index (κ2) is 6.07. The number of hydrogen-bond acceptors (Lipinski definition) is 2. The van der Waals surface area contributed by atoms with E-state index in [2.05, 4.69) is 26.2 Å². The van der Waals surface area contributed by atoms with Crippen LogP contribution in [0.2, 0.25) is 0 Å². The van der Waals surface area contributed by atoms with E-state index in [-0.39, 0.29) is 11.0 Å². The van der Waals surface area contributed by atoms with Crippen LogP contribution in [-0.4, -0.2) is 16.7 Å².